The van der Waals surface area contributed by atoms with Gasteiger partial charge in [0.25, 0.3) is 0 Å². The molecule has 0 unspecified atom stereocenters. The zero-order valence-electron chi connectivity index (χ0n) is 10.4. The van der Waals surface area contributed by atoms with Crippen LogP contribution in [0.4, 0.5) is 5.82 Å². The predicted molar refractivity (Wildman–Crippen MR) is 68.8 cm³/mol. The maximum Gasteiger partial charge on any atom is 0.183 e. The van der Waals surface area contributed by atoms with Crippen LogP contribution in [-0.4, -0.2) is 22.8 Å². The van der Waals surface area contributed by atoms with Crippen molar-refractivity contribution in [2.24, 2.45) is 7.05 Å². The summed E-state index contributed by atoms with van der Waals surface area (Å²) in [6.07, 6.45) is 0. The number of ether oxygens (including phenoxy) is 2. The molecule has 19 heavy (non-hydrogen) atoms. The van der Waals surface area contributed by atoms with Gasteiger partial charge >= 0.3 is 0 Å². The quantitative estimate of drug-likeness (QED) is 0.831. The third-order valence-corrected chi connectivity index (χ3v) is 3.05. The van der Waals surface area contributed by atoms with E-state index in [1.807, 2.05) is 24.3 Å². The van der Waals surface area contributed by atoms with E-state index in [0.717, 1.165) is 11.3 Å². The van der Waals surface area contributed by atoms with Gasteiger partial charge in [-0.05, 0) is 18.2 Å². The largest absolute Gasteiger partial charge is 0.486 e. The van der Waals surface area contributed by atoms with Crippen molar-refractivity contribution < 1.29 is 9.47 Å². The fraction of sp³-hybridized carbons (Fsp3) is 0.231. The summed E-state index contributed by atoms with van der Waals surface area (Å²) in [6.45, 7) is 1.09. The summed E-state index contributed by atoms with van der Waals surface area (Å²) >= 11 is 0. The Labute approximate surface area is 110 Å². The molecule has 0 saturated heterocycles. The fourth-order valence-electron chi connectivity index (χ4n) is 2.03. The maximum atomic E-state index is 8.94. The lowest BCUT2D eigenvalue weighted by molar-refractivity contribution is 0.171. The number of hydrogen-bond acceptors (Lipinski definition) is 5. The van der Waals surface area contributed by atoms with E-state index < -0.39 is 0 Å². The highest BCUT2D eigenvalue weighted by Gasteiger charge is 2.17. The second-order valence-corrected chi connectivity index (χ2v) is 4.20. The molecule has 1 aromatic heterocycles. The van der Waals surface area contributed by atoms with E-state index in [1.54, 1.807) is 11.6 Å². The lowest BCUT2D eigenvalue weighted by Gasteiger charge is -2.18. The number of nitriles is 1. The van der Waals surface area contributed by atoms with Crippen molar-refractivity contribution in [1.29, 1.82) is 5.26 Å². The molecule has 0 atom stereocenters. The van der Waals surface area contributed by atoms with Crippen molar-refractivity contribution in [3.8, 4) is 29.0 Å². The highest BCUT2D eigenvalue weighted by Crippen LogP contribution is 2.34. The maximum absolute atomic E-state index is 8.94. The van der Waals surface area contributed by atoms with Gasteiger partial charge < -0.3 is 19.8 Å². The molecule has 6 heteroatoms. The van der Waals surface area contributed by atoms with Crippen molar-refractivity contribution in [2.75, 3.05) is 18.9 Å². The third-order valence-electron chi connectivity index (χ3n) is 3.05. The number of anilines is 1. The van der Waals surface area contributed by atoms with E-state index in [0.29, 0.717) is 30.6 Å². The Bertz CT molecular complexity index is 685. The predicted octanol–water partition coefficient (Wildman–Crippen LogP) is 1.31. The molecule has 2 heterocycles. The number of imidazole rings is 1. The molecule has 0 amide bonds. The van der Waals surface area contributed by atoms with Crippen LogP contribution in [0.15, 0.2) is 18.2 Å². The summed E-state index contributed by atoms with van der Waals surface area (Å²) in [4.78, 5) is 4.23. The van der Waals surface area contributed by atoms with Crippen LogP contribution in [0.3, 0.4) is 0 Å². The molecule has 0 aliphatic carbocycles. The number of fused-ring (bicyclic) bond motifs is 1. The molecule has 6 nitrogen and oxygen atoms in total. The van der Waals surface area contributed by atoms with Crippen LogP contribution in [-0.2, 0) is 7.05 Å². The summed E-state index contributed by atoms with van der Waals surface area (Å²) in [5.41, 5.74) is 6.87. The minimum Gasteiger partial charge on any atom is -0.486 e. The molecule has 0 fully saturated rings. The van der Waals surface area contributed by atoms with Gasteiger partial charge in [0.1, 0.15) is 30.9 Å². The van der Waals surface area contributed by atoms with Crippen LogP contribution in [0.2, 0.25) is 0 Å². The Morgan fingerprint density at radius 2 is 2.05 bits per heavy atom. The summed E-state index contributed by atoms with van der Waals surface area (Å²) < 4.78 is 12.7. The van der Waals surface area contributed by atoms with E-state index >= 15 is 0 Å². The van der Waals surface area contributed by atoms with Crippen LogP contribution in [0, 0.1) is 11.3 Å². The molecule has 1 aliphatic rings. The average Bonchev–Trinajstić information content (AvgIpc) is 2.74. The second-order valence-electron chi connectivity index (χ2n) is 4.20. The summed E-state index contributed by atoms with van der Waals surface area (Å²) in [5.74, 6) is 2.39. The van der Waals surface area contributed by atoms with Crippen LogP contribution < -0.4 is 15.2 Å². The first-order chi connectivity index (χ1) is 9.20. The lowest BCUT2D eigenvalue weighted by atomic mass is 10.2. The average molecular weight is 256 g/mol. The Morgan fingerprint density at radius 3 is 2.74 bits per heavy atom. The monoisotopic (exact) mass is 256 g/mol. The summed E-state index contributed by atoms with van der Waals surface area (Å²) in [6, 6.07) is 7.53. The minimum atomic E-state index is 0.229. The van der Waals surface area contributed by atoms with Crippen LogP contribution in [0.5, 0.6) is 11.5 Å². The van der Waals surface area contributed by atoms with Gasteiger partial charge in [0.15, 0.2) is 17.2 Å². The van der Waals surface area contributed by atoms with Gasteiger partial charge in [0, 0.05) is 12.6 Å². The zero-order valence-corrected chi connectivity index (χ0v) is 10.4. The molecule has 0 bridgehead atoms. The van der Waals surface area contributed by atoms with Gasteiger partial charge in [0.05, 0.1) is 0 Å². The van der Waals surface area contributed by atoms with Crippen molar-refractivity contribution in [1.82, 2.24) is 9.55 Å². The first-order valence-electron chi connectivity index (χ1n) is 5.83. The third kappa shape index (κ3) is 1.76. The smallest absolute Gasteiger partial charge is 0.183 e. The highest BCUT2D eigenvalue weighted by atomic mass is 16.6. The lowest BCUT2D eigenvalue weighted by Crippen LogP contribution is -2.15. The molecule has 1 aromatic carbocycles. The zero-order chi connectivity index (χ0) is 13.4. The number of rotatable bonds is 1. The van der Waals surface area contributed by atoms with Crippen molar-refractivity contribution in [2.45, 2.75) is 0 Å². The van der Waals surface area contributed by atoms with Crippen LogP contribution >= 0.6 is 0 Å². The van der Waals surface area contributed by atoms with E-state index in [9.17, 15) is 0 Å². The number of aromatic nitrogens is 2. The van der Waals surface area contributed by atoms with Crippen LogP contribution in [0.1, 0.15) is 5.69 Å². The molecule has 2 aromatic rings. The number of nitrogen functional groups attached to an aromatic ring is 1. The van der Waals surface area contributed by atoms with Gasteiger partial charge in [0.2, 0.25) is 0 Å². The van der Waals surface area contributed by atoms with Crippen molar-refractivity contribution >= 4 is 5.82 Å². The van der Waals surface area contributed by atoms with E-state index in [1.165, 1.54) is 0 Å². The Hall–Kier alpha value is -2.68. The van der Waals surface area contributed by atoms with E-state index in [-0.39, 0.29) is 5.69 Å². The Kier molecular flexibility index (Phi) is 2.53. The summed E-state index contributed by atoms with van der Waals surface area (Å²) in [5, 5.41) is 8.94. The van der Waals surface area contributed by atoms with Gasteiger partial charge in [-0.25, -0.2) is 4.98 Å². The van der Waals surface area contributed by atoms with Crippen molar-refractivity contribution in [3.05, 3.63) is 23.9 Å². The molecule has 96 valence electrons. The van der Waals surface area contributed by atoms with E-state index in [4.69, 9.17) is 20.5 Å². The number of hydrogen-bond donors (Lipinski definition) is 1. The van der Waals surface area contributed by atoms with Gasteiger partial charge in [-0.3, -0.25) is 0 Å². The molecule has 3 rings (SSSR count). The Morgan fingerprint density at radius 1 is 1.32 bits per heavy atom. The standard InChI is InChI=1S/C13H12N4O2/c1-17-12(15)9(7-14)16-13(17)8-2-3-10-11(6-8)19-5-4-18-10/h2-3,6H,4-5,15H2,1H3. The van der Waals surface area contributed by atoms with Gasteiger partial charge in [-0.15, -0.1) is 0 Å². The van der Waals surface area contributed by atoms with E-state index in [2.05, 4.69) is 4.98 Å². The minimum absolute atomic E-state index is 0.229. The molecule has 0 saturated carbocycles. The molecule has 1 aliphatic heterocycles. The molecule has 0 radical (unpaired) electrons. The fourth-order valence-corrected chi connectivity index (χ4v) is 2.03. The Balaban J connectivity index is 2.10. The first kappa shape index (κ1) is 11.4. The second kappa shape index (κ2) is 4.21. The number of nitrogens with zero attached hydrogens (tertiary/aromatic N) is 3. The summed E-state index contributed by atoms with van der Waals surface area (Å²) in [7, 11) is 1.77. The van der Waals surface area contributed by atoms with Gasteiger partial charge in [-0.1, -0.05) is 0 Å². The topological polar surface area (TPSA) is 86.1 Å². The number of benzene rings is 1. The molecular formula is C13H12N4O2. The van der Waals surface area contributed by atoms with Gasteiger partial charge in [-0.2, -0.15) is 5.26 Å². The number of nitrogens with two attached hydrogens (primary N) is 1. The van der Waals surface area contributed by atoms with Crippen LogP contribution in [0.25, 0.3) is 11.4 Å². The normalized spacial score (nSPS) is 13.1. The SMILES string of the molecule is Cn1c(-c2ccc3c(c2)OCCO3)nc(C#N)c1N. The van der Waals surface area contributed by atoms with Crippen molar-refractivity contribution in [3.63, 3.8) is 0 Å². The first-order valence-corrected chi connectivity index (χ1v) is 5.83. The molecular weight excluding hydrogens is 244 g/mol. The highest BCUT2D eigenvalue weighted by molar-refractivity contribution is 5.66. The molecule has 2 N–H and O–H groups in total. The molecule has 0 spiro atoms.